The number of carboxylic acids is 1. The van der Waals surface area contributed by atoms with Crippen LogP contribution in [0.3, 0.4) is 0 Å². The van der Waals surface area contributed by atoms with Crippen LogP contribution in [0.1, 0.15) is 45.2 Å². The second-order valence-corrected chi connectivity index (χ2v) is 5.82. The summed E-state index contributed by atoms with van der Waals surface area (Å²) in [6.07, 6.45) is 1.59. The van der Waals surface area contributed by atoms with Gasteiger partial charge in [-0.05, 0) is 12.5 Å². The molecular weight excluding hydrogens is 274 g/mol. The SMILES string of the molecule is CCCc1nc(C2COc3ccccc32)sc1C(=O)O. The number of benzene rings is 1. The fourth-order valence-corrected chi connectivity index (χ4v) is 3.51. The number of nitrogens with zero attached hydrogens (tertiary/aromatic N) is 1. The van der Waals surface area contributed by atoms with E-state index in [0.29, 0.717) is 23.6 Å². The number of aromatic nitrogens is 1. The normalized spacial score (nSPS) is 16.8. The third-order valence-electron chi connectivity index (χ3n) is 3.39. The number of rotatable bonds is 4. The van der Waals surface area contributed by atoms with E-state index in [9.17, 15) is 9.90 Å². The first-order chi connectivity index (χ1) is 9.70. The van der Waals surface area contributed by atoms with Gasteiger partial charge in [-0.25, -0.2) is 9.78 Å². The van der Waals surface area contributed by atoms with Crippen LogP contribution in [0.25, 0.3) is 0 Å². The van der Waals surface area contributed by atoms with Gasteiger partial charge in [-0.2, -0.15) is 0 Å². The van der Waals surface area contributed by atoms with Gasteiger partial charge in [-0.15, -0.1) is 11.3 Å². The summed E-state index contributed by atoms with van der Waals surface area (Å²) in [7, 11) is 0. The number of hydrogen-bond donors (Lipinski definition) is 1. The predicted molar refractivity (Wildman–Crippen MR) is 76.8 cm³/mol. The van der Waals surface area contributed by atoms with E-state index in [1.54, 1.807) is 0 Å². The van der Waals surface area contributed by atoms with Crippen molar-refractivity contribution in [3.63, 3.8) is 0 Å². The molecule has 20 heavy (non-hydrogen) atoms. The molecule has 0 spiro atoms. The first-order valence-electron chi connectivity index (χ1n) is 6.65. The maximum Gasteiger partial charge on any atom is 0.347 e. The third kappa shape index (κ3) is 2.18. The molecule has 1 aliphatic rings. The highest BCUT2D eigenvalue weighted by atomic mass is 32.1. The summed E-state index contributed by atoms with van der Waals surface area (Å²) in [5.74, 6) is 0.0472. The Morgan fingerprint density at radius 2 is 2.30 bits per heavy atom. The van der Waals surface area contributed by atoms with Crippen LogP contribution in [-0.2, 0) is 6.42 Å². The lowest BCUT2D eigenvalue weighted by molar-refractivity contribution is 0.0700. The van der Waals surface area contributed by atoms with Crippen LogP contribution >= 0.6 is 11.3 Å². The predicted octanol–water partition coefficient (Wildman–Crippen LogP) is 3.32. The third-order valence-corrected chi connectivity index (χ3v) is 4.59. The fourth-order valence-electron chi connectivity index (χ4n) is 2.46. The first kappa shape index (κ1) is 13.1. The Labute approximate surface area is 121 Å². The van der Waals surface area contributed by atoms with Crippen molar-refractivity contribution in [2.75, 3.05) is 6.61 Å². The van der Waals surface area contributed by atoms with Gasteiger partial charge in [0.1, 0.15) is 22.2 Å². The number of aromatic carboxylic acids is 1. The van der Waals surface area contributed by atoms with Crippen LogP contribution in [0.5, 0.6) is 5.75 Å². The molecule has 0 saturated heterocycles. The van der Waals surface area contributed by atoms with Gasteiger partial charge in [-0.3, -0.25) is 0 Å². The zero-order valence-electron chi connectivity index (χ0n) is 11.1. The highest BCUT2D eigenvalue weighted by Crippen LogP contribution is 2.40. The fraction of sp³-hybridized carbons (Fsp3) is 0.333. The number of thiazole rings is 1. The summed E-state index contributed by atoms with van der Waals surface area (Å²) in [4.78, 5) is 16.2. The minimum Gasteiger partial charge on any atom is -0.492 e. The summed E-state index contributed by atoms with van der Waals surface area (Å²) < 4.78 is 5.65. The number of hydrogen-bond acceptors (Lipinski definition) is 4. The summed E-state index contributed by atoms with van der Waals surface area (Å²) >= 11 is 1.28. The monoisotopic (exact) mass is 289 g/mol. The van der Waals surface area contributed by atoms with Crippen LogP contribution < -0.4 is 4.74 Å². The van der Waals surface area contributed by atoms with Crippen molar-refractivity contribution < 1.29 is 14.6 Å². The largest absolute Gasteiger partial charge is 0.492 e. The zero-order valence-corrected chi connectivity index (χ0v) is 11.9. The van der Waals surface area contributed by atoms with Crippen molar-refractivity contribution >= 4 is 17.3 Å². The second-order valence-electron chi connectivity index (χ2n) is 4.78. The van der Waals surface area contributed by atoms with Gasteiger partial charge in [0, 0.05) is 5.56 Å². The highest BCUT2D eigenvalue weighted by Gasteiger charge is 2.30. The molecule has 1 unspecified atom stereocenters. The van der Waals surface area contributed by atoms with Crippen LogP contribution in [0.15, 0.2) is 24.3 Å². The Balaban J connectivity index is 2.00. The minimum atomic E-state index is -0.885. The lowest BCUT2D eigenvalue weighted by atomic mass is 10.0. The van der Waals surface area contributed by atoms with Crippen molar-refractivity contribution in [2.45, 2.75) is 25.7 Å². The van der Waals surface area contributed by atoms with E-state index in [1.165, 1.54) is 11.3 Å². The quantitative estimate of drug-likeness (QED) is 0.938. The number of fused-ring (bicyclic) bond motifs is 1. The standard InChI is InChI=1S/C15H15NO3S/c1-2-5-11-13(15(17)18)20-14(16-11)10-8-19-12-7-4-3-6-9(10)12/h3-4,6-7,10H,2,5,8H2,1H3,(H,17,18). The van der Waals surface area contributed by atoms with Crippen molar-refractivity contribution in [3.05, 3.63) is 45.4 Å². The maximum atomic E-state index is 11.3. The van der Waals surface area contributed by atoms with Crippen molar-refractivity contribution in [3.8, 4) is 5.75 Å². The topological polar surface area (TPSA) is 59.4 Å². The molecule has 0 aliphatic carbocycles. The van der Waals surface area contributed by atoms with Crippen molar-refractivity contribution in [1.82, 2.24) is 4.98 Å². The molecule has 1 aliphatic heterocycles. The van der Waals surface area contributed by atoms with E-state index in [1.807, 2.05) is 31.2 Å². The maximum absolute atomic E-state index is 11.3. The lowest BCUT2D eigenvalue weighted by Crippen LogP contribution is -2.02. The molecule has 0 fully saturated rings. The summed E-state index contributed by atoms with van der Waals surface area (Å²) in [5.41, 5.74) is 1.80. The van der Waals surface area contributed by atoms with Crippen LogP contribution in [-0.4, -0.2) is 22.7 Å². The number of ether oxygens (including phenoxy) is 1. The zero-order chi connectivity index (χ0) is 14.1. The van der Waals surface area contributed by atoms with E-state index >= 15 is 0 Å². The van der Waals surface area contributed by atoms with Crippen molar-refractivity contribution in [2.24, 2.45) is 0 Å². The Kier molecular flexibility index (Phi) is 3.44. The molecule has 1 N–H and O–H groups in total. The lowest BCUT2D eigenvalue weighted by Gasteiger charge is -2.03. The Morgan fingerprint density at radius 3 is 3.05 bits per heavy atom. The van der Waals surface area contributed by atoms with Crippen LogP contribution in [0.2, 0.25) is 0 Å². The van der Waals surface area contributed by atoms with E-state index in [-0.39, 0.29) is 5.92 Å². The van der Waals surface area contributed by atoms with Crippen LogP contribution in [0.4, 0.5) is 0 Å². The van der Waals surface area contributed by atoms with E-state index in [2.05, 4.69) is 4.98 Å². The average molecular weight is 289 g/mol. The van der Waals surface area contributed by atoms with Crippen molar-refractivity contribution in [1.29, 1.82) is 0 Å². The van der Waals surface area contributed by atoms with Gasteiger partial charge in [0.05, 0.1) is 11.6 Å². The number of para-hydroxylation sites is 1. The molecule has 1 aromatic heterocycles. The molecule has 0 bridgehead atoms. The molecule has 5 heteroatoms. The first-order valence-corrected chi connectivity index (χ1v) is 7.47. The number of carboxylic acid groups (broad SMARTS) is 1. The summed E-state index contributed by atoms with van der Waals surface area (Å²) in [5, 5.41) is 10.1. The molecule has 0 radical (unpaired) electrons. The molecular formula is C15H15NO3S. The molecule has 1 atom stereocenters. The molecule has 0 saturated carbocycles. The smallest absolute Gasteiger partial charge is 0.347 e. The number of aryl methyl sites for hydroxylation is 1. The molecule has 2 heterocycles. The Morgan fingerprint density at radius 1 is 1.50 bits per heavy atom. The Hall–Kier alpha value is -1.88. The second kappa shape index (κ2) is 5.25. The van der Waals surface area contributed by atoms with Crippen LogP contribution in [0, 0.1) is 0 Å². The van der Waals surface area contributed by atoms with Gasteiger partial charge in [0.15, 0.2) is 0 Å². The number of carbonyl (C=O) groups is 1. The molecule has 104 valence electrons. The van der Waals surface area contributed by atoms with Gasteiger partial charge < -0.3 is 9.84 Å². The average Bonchev–Trinajstić information content (AvgIpc) is 3.02. The molecule has 0 amide bonds. The molecule has 3 rings (SSSR count). The summed E-state index contributed by atoms with van der Waals surface area (Å²) in [6, 6.07) is 7.87. The minimum absolute atomic E-state index is 0.0555. The van der Waals surface area contributed by atoms with Gasteiger partial charge in [0.25, 0.3) is 0 Å². The van der Waals surface area contributed by atoms with E-state index in [4.69, 9.17) is 4.74 Å². The van der Waals surface area contributed by atoms with Gasteiger partial charge in [0.2, 0.25) is 0 Å². The molecule has 4 nitrogen and oxygen atoms in total. The van der Waals surface area contributed by atoms with E-state index in [0.717, 1.165) is 22.7 Å². The highest BCUT2D eigenvalue weighted by molar-refractivity contribution is 7.13. The van der Waals surface area contributed by atoms with Gasteiger partial charge in [-0.1, -0.05) is 31.5 Å². The van der Waals surface area contributed by atoms with Gasteiger partial charge >= 0.3 is 5.97 Å². The molecule has 2 aromatic rings. The summed E-state index contributed by atoms with van der Waals surface area (Å²) in [6.45, 7) is 2.57. The molecule has 1 aromatic carbocycles. The Bertz CT molecular complexity index is 650. The van der Waals surface area contributed by atoms with E-state index < -0.39 is 5.97 Å².